The Hall–Kier alpha value is -0.730. The molecule has 15 heavy (non-hydrogen) atoms. The smallest absolute Gasteiger partial charge is 0.223 e. The molecule has 2 rings (SSSR count). The Morgan fingerprint density at radius 2 is 2.20 bits per heavy atom. The van der Waals surface area contributed by atoms with Crippen molar-refractivity contribution in [3.8, 4) is 0 Å². The third kappa shape index (κ3) is 1.97. The van der Waals surface area contributed by atoms with Gasteiger partial charge in [0.15, 0.2) is 0 Å². The quantitative estimate of drug-likeness (QED) is 0.851. The summed E-state index contributed by atoms with van der Waals surface area (Å²) in [5.41, 5.74) is 0.984. The molecule has 1 N–H and O–H groups in total. The van der Waals surface area contributed by atoms with E-state index in [0.29, 0.717) is 10.0 Å². The minimum absolute atomic E-state index is 0.0611. The molecule has 1 aromatic carbocycles. The normalized spacial score (nSPS) is 23.7. The first-order chi connectivity index (χ1) is 7.15. The van der Waals surface area contributed by atoms with Crippen LogP contribution in [0.25, 0.3) is 0 Å². The molecule has 1 fully saturated rings. The lowest BCUT2D eigenvalue weighted by Crippen LogP contribution is -2.20. The van der Waals surface area contributed by atoms with E-state index < -0.39 is 0 Å². The minimum atomic E-state index is 0.0611. The maximum Gasteiger partial charge on any atom is 0.223 e. The van der Waals surface area contributed by atoms with Crippen LogP contribution in [0.1, 0.15) is 17.9 Å². The van der Waals surface area contributed by atoms with E-state index in [9.17, 15) is 4.79 Å². The van der Waals surface area contributed by atoms with Gasteiger partial charge >= 0.3 is 0 Å². The molecule has 1 aliphatic rings. The van der Waals surface area contributed by atoms with Crippen molar-refractivity contribution in [2.75, 3.05) is 7.05 Å². The van der Waals surface area contributed by atoms with Crippen molar-refractivity contribution in [1.29, 1.82) is 0 Å². The highest BCUT2D eigenvalue weighted by atomic mass is 35.5. The first kappa shape index (κ1) is 10.8. The summed E-state index contributed by atoms with van der Waals surface area (Å²) < 4.78 is 0. The monoisotopic (exact) mass is 243 g/mol. The van der Waals surface area contributed by atoms with Gasteiger partial charge in [0.25, 0.3) is 0 Å². The van der Waals surface area contributed by atoms with Crippen molar-refractivity contribution in [1.82, 2.24) is 5.32 Å². The van der Waals surface area contributed by atoms with Crippen molar-refractivity contribution in [3.05, 3.63) is 33.8 Å². The van der Waals surface area contributed by atoms with Gasteiger partial charge in [-0.05, 0) is 24.0 Å². The highest BCUT2D eigenvalue weighted by Crippen LogP contribution is 2.50. The highest BCUT2D eigenvalue weighted by molar-refractivity contribution is 6.42. The van der Waals surface area contributed by atoms with E-state index in [4.69, 9.17) is 23.2 Å². The number of hydrogen-bond acceptors (Lipinski definition) is 1. The second kappa shape index (κ2) is 4.03. The molecule has 0 saturated heterocycles. The van der Waals surface area contributed by atoms with Crippen LogP contribution in [0.3, 0.4) is 0 Å². The molecule has 2 unspecified atom stereocenters. The number of nitrogens with one attached hydrogen (secondary N) is 1. The number of carbonyl (C=O) groups is 1. The Bertz CT molecular complexity index is 406. The number of benzene rings is 1. The summed E-state index contributed by atoms with van der Waals surface area (Å²) in [6.07, 6.45) is 0.861. The maximum absolute atomic E-state index is 11.4. The molecule has 1 aromatic rings. The van der Waals surface area contributed by atoms with E-state index in [0.717, 1.165) is 12.0 Å². The third-order valence-electron chi connectivity index (χ3n) is 2.75. The summed E-state index contributed by atoms with van der Waals surface area (Å²) in [6, 6.07) is 5.55. The van der Waals surface area contributed by atoms with E-state index >= 15 is 0 Å². The number of amides is 1. The summed E-state index contributed by atoms with van der Waals surface area (Å²) in [6.45, 7) is 0. The molecule has 0 bridgehead atoms. The molecule has 0 aromatic heterocycles. The Morgan fingerprint density at radius 3 is 2.87 bits per heavy atom. The fraction of sp³-hybridized carbons (Fsp3) is 0.364. The lowest BCUT2D eigenvalue weighted by atomic mass is 10.1. The summed E-state index contributed by atoms with van der Waals surface area (Å²) in [7, 11) is 1.65. The highest BCUT2D eigenvalue weighted by Gasteiger charge is 2.44. The van der Waals surface area contributed by atoms with Gasteiger partial charge in [-0.15, -0.1) is 0 Å². The predicted octanol–water partition coefficient (Wildman–Crippen LogP) is 2.84. The summed E-state index contributed by atoms with van der Waals surface area (Å²) in [5.74, 6) is 0.373. The van der Waals surface area contributed by atoms with E-state index in [1.165, 1.54) is 0 Å². The van der Waals surface area contributed by atoms with Gasteiger partial charge in [0, 0.05) is 13.0 Å². The Balaban J connectivity index is 2.20. The van der Waals surface area contributed by atoms with Gasteiger partial charge < -0.3 is 5.32 Å². The Kier molecular flexibility index (Phi) is 2.89. The van der Waals surface area contributed by atoms with Crippen molar-refractivity contribution in [2.24, 2.45) is 5.92 Å². The molecule has 1 aliphatic carbocycles. The van der Waals surface area contributed by atoms with Crippen LogP contribution in [0.5, 0.6) is 0 Å². The first-order valence-corrected chi connectivity index (χ1v) is 5.56. The van der Waals surface area contributed by atoms with Crippen LogP contribution in [-0.2, 0) is 4.79 Å². The zero-order valence-electron chi connectivity index (χ0n) is 8.26. The molecule has 0 heterocycles. The lowest BCUT2D eigenvalue weighted by Gasteiger charge is -2.04. The predicted molar refractivity (Wildman–Crippen MR) is 61.4 cm³/mol. The molecule has 80 valence electrons. The second-order valence-corrected chi connectivity index (χ2v) is 4.49. The molecule has 1 amide bonds. The van der Waals surface area contributed by atoms with Crippen LogP contribution in [0.2, 0.25) is 10.0 Å². The van der Waals surface area contributed by atoms with E-state index in [1.807, 2.05) is 12.1 Å². The average Bonchev–Trinajstić information content (AvgIpc) is 3.01. The first-order valence-electron chi connectivity index (χ1n) is 4.80. The van der Waals surface area contributed by atoms with E-state index in [2.05, 4.69) is 5.32 Å². The van der Waals surface area contributed by atoms with Crippen LogP contribution in [0.15, 0.2) is 18.2 Å². The topological polar surface area (TPSA) is 29.1 Å². The van der Waals surface area contributed by atoms with Crippen LogP contribution >= 0.6 is 23.2 Å². The summed E-state index contributed by atoms with van der Waals surface area (Å²) >= 11 is 12.0. The number of carbonyl (C=O) groups excluding carboxylic acids is 1. The van der Waals surface area contributed by atoms with Gasteiger partial charge in [-0.2, -0.15) is 0 Å². The molecule has 0 radical (unpaired) electrons. The standard InChI is InChI=1S/C11H11Cl2NO/c1-14-11(15)8-5-7(8)6-3-2-4-9(12)10(6)13/h2-4,7-8H,5H2,1H3,(H,14,15). The van der Waals surface area contributed by atoms with Gasteiger partial charge in [-0.25, -0.2) is 0 Å². The van der Waals surface area contributed by atoms with Crippen molar-refractivity contribution in [3.63, 3.8) is 0 Å². The van der Waals surface area contributed by atoms with E-state index in [-0.39, 0.29) is 17.7 Å². The average molecular weight is 244 g/mol. The minimum Gasteiger partial charge on any atom is -0.359 e. The zero-order chi connectivity index (χ0) is 11.0. The number of rotatable bonds is 2. The maximum atomic E-state index is 11.4. The number of halogens is 2. The fourth-order valence-corrected chi connectivity index (χ4v) is 2.27. The molecule has 4 heteroatoms. The third-order valence-corrected chi connectivity index (χ3v) is 3.59. The van der Waals surface area contributed by atoms with Crippen molar-refractivity contribution >= 4 is 29.1 Å². The van der Waals surface area contributed by atoms with Crippen molar-refractivity contribution in [2.45, 2.75) is 12.3 Å². The Morgan fingerprint density at radius 1 is 1.47 bits per heavy atom. The molecule has 0 aliphatic heterocycles. The van der Waals surface area contributed by atoms with Crippen LogP contribution in [0.4, 0.5) is 0 Å². The van der Waals surface area contributed by atoms with Gasteiger partial charge in [-0.1, -0.05) is 35.3 Å². The van der Waals surface area contributed by atoms with Gasteiger partial charge in [0.2, 0.25) is 5.91 Å². The summed E-state index contributed by atoms with van der Waals surface area (Å²) in [4.78, 5) is 11.4. The SMILES string of the molecule is CNC(=O)C1CC1c1cccc(Cl)c1Cl. The molecule has 0 spiro atoms. The second-order valence-electron chi connectivity index (χ2n) is 3.71. The molecular weight excluding hydrogens is 233 g/mol. The molecule has 2 nitrogen and oxygen atoms in total. The van der Waals surface area contributed by atoms with Crippen LogP contribution in [-0.4, -0.2) is 13.0 Å². The summed E-state index contributed by atoms with van der Waals surface area (Å²) in [5, 5.41) is 3.78. The van der Waals surface area contributed by atoms with Gasteiger partial charge in [-0.3, -0.25) is 4.79 Å². The molecular formula is C11H11Cl2NO. The largest absolute Gasteiger partial charge is 0.359 e. The fourth-order valence-electron chi connectivity index (χ4n) is 1.82. The zero-order valence-corrected chi connectivity index (χ0v) is 9.77. The van der Waals surface area contributed by atoms with Crippen LogP contribution in [0, 0.1) is 5.92 Å². The molecule has 1 saturated carbocycles. The Labute approximate surface area is 98.6 Å². The van der Waals surface area contributed by atoms with Gasteiger partial charge in [0.05, 0.1) is 10.0 Å². The van der Waals surface area contributed by atoms with Gasteiger partial charge in [0.1, 0.15) is 0 Å². The number of hydrogen-bond donors (Lipinski definition) is 1. The van der Waals surface area contributed by atoms with Crippen LogP contribution < -0.4 is 5.32 Å². The van der Waals surface area contributed by atoms with Crippen molar-refractivity contribution < 1.29 is 4.79 Å². The lowest BCUT2D eigenvalue weighted by molar-refractivity contribution is -0.121. The molecule has 2 atom stereocenters. The van der Waals surface area contributed by atoms with E-state index in [1.54, 1.807) is 13.1 Å².